The predicted octanol–water partition coefficient (Wildman–Crippen LogP) is 1.99. The van der Waals surface area contributed by atoms with Crippen LogP contribution >= 0.6 is 0 Å². The van der Waals surface area contributed by atoms with Crippen molar-refractivity contribution in [1.82, 2.24) is 10.3 Å². The van der Waals surface area contributed by atoms with Crippen molar-refractivity contribution in [3.63, 3.8) is 0 Å². The zero-order valence-electron chi connectivity index (χ0n) is 10.6. The van der Waals surface area contributed by atoms with Crippen LogP contribution < -0.4 is 5.32 Å². The second-order valence-corrected chi connectivity index (χ2v) is 4.15. The lowest BCUT2D eigenvalue weighted by Crippen LogP contribution is -2.24. The van der Waals surface area contributed by atoms with Crippen molar-refractivity contribution in [2.75, 3.05) is 0 Å². The Morgan fingerprint density at radius 2 is 1.95 bits per heavy atom. The molecule has 0 spiro atoms. The summed E-state index contributed by atoms with van der Waals surface area (Å²) in [6, 6.07) is 5.22. The fraction of sp³-hybridized carbons (Fsp3) is 0.0714. The van der Waals surface area contributed by atoms with E-state index in [-0.39, 0.29) is 17.7 Å². The lowest BCUT2D eigenvalue weighted by atomic mass is 10.2. The van der Waals surface area contributed by atoms with Gasteiger partial charge in [-0.1, -0.05) is 0 Å². The molecule has 0 saturated carbocycles. The van der Waals surface area contributed by atoms with E-state index in [1.165, 1.54) is 18.3 Å². The molecule has 1 amide bonds. The number of halogens is 2. The van der Waals surface area contributed by atoms with Crippen molar-refractivity contribution in [3.8, 4) is 0 Å². The van der Waals surface area contributed by atoms with E-state index in [2.05, 4.69) is 10.3 Å². The molecule has 0 saturated heterocycles. The van der Waals surface area contributed by atoms with Crippen LogP contribution in [0.2, 0.25) is 0 Å². The minimum atomic E-state index is -1.12. The van der Waals surface area contributed by atoms with Crippen LogP contribution in [-0.2, 0) is 6.54 Å². The fourth-order valence-electron chi connectivity index (χ4n) is 1.65. The third-order valence-corrected chi connectivity index (χ3v) is 2.67. The minimum Gasteiger partial charge on any atom is -0.478 e. The Bertz CT molecular complexity index is 704. The Kier molecular flexibility index (Phi) is 4.22. The maximum Gasteiger partial charge on any atom is 0.335 e. The Labute approximate surface area is 118 Å². The van der Waals surface area contributed by atoms with E-state index in [1.54, 1.807) is 0 Å². The number of carbonyl (C=O) groups excluding carboxylic acids is 1. The number of nitrogens with one attached hydrogen (secondary N) is 1. The Hall–Kier alpha value is -2.83. The van der Waals surface area contributed by atoms with Crippen LogP contribution in [0.25, 0.3) is 0 Å². The maximum absolute atomic E-state index is 13.4. The van der Waals surface area contributed by atoms with Crippen LogP contribution in [0, 0.1) is 11.6 Å². The van der Waals surface area contributed by atoms with E-state index in [9.17, 15) is 18.4 Å². The molecule has 21 heavy (non-hydrogen) atoms. The molecule has 0 unspecified atom stereocenters. The third kappa shape index (κ3) is 3.59. The molecule has 5 nitrogen and oxygen atoms in total. The van der Waals surface area contributed by atoms with Crippen LogP contribution in [0.3, 0.4) is 0 Å². The summed E-state index contributed by atoms with van der Waals surface area (Å²) >= 11 is 0. The normalized spacial score (nSPS) is 10.2. The molecule has 0 atom stereocenters. The summed E-state index contributed by atoms with van der Waals surface area (Å²) in [6.07, 6.45) is 1.30. The number of aromatic nitrogens is 1. The molecule has 1 heterocycles. The highest BCUT2D eigenvalue weighted by Crippen LogP contribution is 2.09. The highest BCUT2D eigenvalue weighted by atomic mass is 19.1. The molecule has 2 N–H and O–H groups in total. The fourth-order valence-corrected chi connectivity index (χ4v) is 1.65. The van der Waals surface area contributed by atoms with Crippen molar-refractivity contribution in [2.24, 2.45) is 0 Å². The highest BCUT2D eigenvalue weighted by Gasteiger charge is 2.12. The number of carbonyl (C=O) groups is 2. The summed E-state index contributed by atoms with van der Waals surface area (Å²) in [7, 11) is 0. The summed E-state index contributed by atoms with van der Waals surface area (Å²) in [5.74, 6) is -3.61. The molecule has 108 valence electrons. The molecule has 7 heteroatoms. The van der Waals surface area contributed by atoms with Gasteiger partial charge in [0.25, 0.3) is 5.91 Å². The number of hydrogen-bond acceptors (Lipinski definition) is 3. The molecule has 0 radical (unpaired) electrons. The maximum atomic E-state index is 13.4. The van der Waals surface area contributed by atoms with E-state index >= 15 is 0 Å². The van der Waals surface area contributed by atoms with E-state index in [4.69, 9.17) is 5.11 Å². The van der Waals surface area contributed by atoms with Gasteiger partial charge in [-0.25, -0.2) is 13.6 Å². The van der Waals surface area contributed by atoms with Gasteiger partial charge in [-0.05, 0) is 24.3 Å². The molecule has 0 aliphatic rings. The largest absolute Gasteiger partial charge is 0.478 e. The molecule has 0 aliphatic carbocycles. The second-order valence-electron chi connectivity index (χ2n) is 4.15. The molecule has 1 aromatic carbocycles. The van der Waals surface area contributed by atoms with Gasteiger partial charge in [0.1, 0.15) is 11.6 Å². The van der Waals surface area contributed by atoms with Crippen molar-refractivity contribution >= 4 is 11.9 Å². The van der Waals surface area contributed by atoms with E-state index in [1.807, 2.05) is 0 Å². The number of nitrogens with zero attached hydrogens (tertiary/aromatic N) is 1. The summed E-state index contributed by atoms with van der Waals surface area (Å²) in [4.78, 5) is 26.4. The van der Waals surface area contributed by atoms with Gasteiger partial charge in [-0.3, -0.25) is 9.78 Å². The molecule has 0 bridgehead atoms. The lowest BCUT2D eigenvalue weighted by Gasteiger charge is -2.06. The third-order valence-electron chi connectivity index (χ3n) is 2.67. The van der Waals surface area contributed by atoms with Gasteiger partial charge in [-0.2, -0.15) is 0 Å². The average Bonchev–Trinajstić information content (AvgIpc) is 2.45. The van der Waals surface area contributed by atoms with Crippen molar-refractivity contribution in [3.05, 3.63) is 65.0 Å². The van der Waals surface area contributed by atoms with Gasteiger partial charge in [0.05, 0.1) is 23.4 Å². The van der Waals surface area contributed by atoms with Gasteiger partial charge in [0.15, 0.2) is 0 Å². The highest BCUT2D eigenvalue weighted by molar-refractivity contribution is 5.94. The number of carboxylic acids is 1. The Balaban J connectivity index is 2.07. The standard InChI is InChI=1S/C14H10F2N2O3/c15-9-1-2-11(12(16)6-9)13(19)18-7-10-5-8(14(20)21)3-4-17-10/h1-6H,7H2,(H,18,19)(H,20,21). The van der Waals surface area contributed by atoms with Crippen LogP contribution in [-0.4, -0.2) is 22.0 Å². The van der Waals surface area contributed by atoms with E-state index in [0.29, 0.717) is 11.8 Å². The first-order valence-corrected chi connectivity index (χ1v) is 5.89. The molecular formula is C14H10F2N2O3. The Morgan fingerprint density at radius 1 is 1.19 bits per heavy atom. The van der Waals surface area contributed by atoms with Crippen LogP contribution in [0.15, 0.2) is 36.5 Å². The molecule has 2 aromatic rings. The van der Waals surface area contributed by atoms with Crippen LogP contribution in [0.4, 0.5) is 8.78 Å². The van der Waals surface area contributed by atoms with Gasteiger partial charge >= 0.3 is 5.97 Å². The summed E-state index contributed by atoms with van der Waals surface area (Å²) in [5, 5.41) is 11.2. The van der Waals surface area contributed by atoms with Crippen molar-refractivity contribution in [2.45, 2.75) is 6.54 Å². The quantitative estimate of drug-likeness (QED) is 0.903. The molecule has 0 fully saturated rings. The Morgan fingerprint density at radius 3 is 2.62 bits per heavy atom. The SMILES string of the molecule is O=C(O)c1ccnc(CNC(=O)c2ccc(F)cc2F)c1. The van der Waals surface area contributed by atoms with Crippen molar-refractivity contribution in [1.29, 1.82) is 0 Å². The number of pyridine rings is 1. The van der Waals surface area contributed by atoms with Crippen molar-refractivity contribution < 1.29 is 23.5 Å². The van der Waals surface area contributed by atoms with Crippen LogP contribution in [0.5, 0.6) is 0 Å². The summed E-state index contributed by atoms with van der Waals surface area (Å²) in [6.45, 7) is -0.0726. The summed E-state index contributed by atoms with van der Waals surface area (Å²) in [5.41, 5.74) is 0.0405. The predicted molar refractivity (Wildman–Crippen MR) is 68.7 cm³/mol. The topological polar surface area (TPSA) is 79.3 Å². The first kappa shape index (κ1) is 14.6. The lowest BCUT2D eigenvalue weighted by molar-refractivity contribution is 0.0696. The van der Waals surface area contributed by atoms with Gasteiger partial charge in [-0.15, -0.1) is 0 Å². The summed E-state index contributed by atoms with van der Waals surface area (Å²) < 4.78 is 26.1. The zero-order valence-corrected chi connectivity index (χ0v) is 10.6. The number of amides is 1. The van der Waals surface area contributed by atoms with E-state index in [0.717, 1.165) is 12.1 Å². The smallest absolute Gasteiger partial charge is 0.335 e. The molecule has 0 aliphatic heterocycles. The average molecular weight is 292 g/mol. The monoisotopic (exact) mass is 292 g/mol. The van der Waals surface area contributed by atoms with E-state index < -0.39 is 23.5 Å². The number of benzene rings is 1. The van der Waals surface area contributed by atoms with Gasteiger partial charge in [0.2, 0.25) is 0 Å². The van der Waals surface area contributed by atoms with Gasteiger partial charge < -0.3 is 10.4 Å². The number of rotatable bonds is 4. The first-order valence-electron chi connectivity index (χ1n) is 5.89. The minimum absolute atomic E-state index is 0.0298. The molecular weight excluding hydrogens is 282 g/mol. The second kappa shape index (κ2) is 6.08. The first-order chi connectivity index (χ1) is 9.97. The molecule has 1 aromatic heterocycles. The van der Waals surface area contributed by atoms with Gasteiger partial charge in [0, 0.05) is 12.3 Å². The number of hydrogen-bond donors (Lipinski definition) is 2. The molecule has 2 rings (SSSR count). The number of carboxylic acid groups (broad SMARTS) is 1. The number of aromatic carboxylic acids is 1. The van der Waals surface area contributed by atoms with Crippen LogP contribution in [0.1, 0.15) is 26.4 Å². The zero-order chi connectivity index (χ0) is 15.4.